The van der Waals surface area contributed by atoms with Gasteiger partial charge in [0.05, 0.1) is 23.4 Å². The van der Waals surface area contributed by atoms with Gasteiger partial charge in [-0.05, 0) is 12.1 Å². The van der Waals surface area contributed by atoms with Crippen LogP contribution in [-0.2, 0) is 14.6 Å². The van der Waals surface area contributed by atoms with Crippen molar-refractivity contribution in [3.05, 3.63) is 36.4 Å². The van der Waals surface area contributed by atoms with Crippen LogP contribution in [0.2, 0.25) is 0 Å². The van der Waals surface area contributed by atoms with Crippen LogP contribution in [0.1, 0.15) is 17.5 Å². The fraction of sp³-hybridized carbons (Fsp3) is 0.250. The lowest BCUT2D eigenvalue weighted by Gasteiger charge is -2.08. The van der Waals surface area contributed by atoms with Crippen LogP contribution in [-0.4, -0.2) is 42.0 Å². The van der Waals surface area contributed by atoms with E-state index in [2.05, 4.69) is 14.8 Å². The molecule has 0 N–H and O–H groups in total. The number of aromatic nitrogens is 3. The summed E-state index contributed by atoms with van der Waals surface area (Å²) in [7, 11) is -2.18. The number of nitrogens with zero attached hydrogens (tertiary/aromatic N) is 3. The van der Waals surface area contributed by atoms with Crippen molar-refractivity contribution in [2.24, 2.45) is 0 Å². The molecule has 20 heavy (non-hydrogen) atoms. The van der Waals surface area contributed by atoms with E-state index in [4.69, 9.17) is 0 Å². The van der Waals surface area contributed by atoms with E-state index in [9.17, 15) is 13.2 Å². The second-order valence-electron chi connectivity index (χ2n) is 3.88. The summed E-state index contributed by atoms with van der Waals surface area (Å²) in [6.45, 7) is 1.56. The lowest BCUT2D eigenvalue weighted by Crippen LogP contribution is -2.10. The van der Waals surface area contributed by atoms with Gasteiger partial charge in [0.1, 0.15) is 6.33 Å². The van der Waals surface area contributed by atoms with Gasteiger partial charge >= 0.3 is 5.97 Å². The Labute approximate surface area is 116 Å². The zero-order chi connectivity index (χ0) is 14.8. The number of methoxy groups -OCH3 is 1. The monoisotopic (exact) mass is 295 g/mol. The lowest BCUT2D eigenvalue weighted by atomic mass is 10.3. The van der Waals surface area contributed by atoms with E-state index in [1.807, 2.05) is 0 Å². The average Bonchev–Trinajstić information content (AvgIpc) is 2.96. The average molecular weight is 295 g/mol. The Morgan fingerprint density at radius 3 is 2.70 bits per heavy atom. The smallest absolute Gasteiger partial charge is 0.377 e. The first-order valence-corrected chi connectivity index (χ1v) is 7.47. The Morgan fingerprint density at radius 1 is 1.35 bits per heavy atom. The molecular formula is C12H13N3O4S. The first-order valence-electron chi connectivity index (χ1n) is 5.81. The Bertz CT molecular complexity index is 737. The summed E-state index contributed by atoms with van der Waals surface area (Å²) in [6.07, 6.45) is 1.27. The third-order valence-corrected chi connectivity index (χ3v) is 4.46. The molecule has 8 heteroatoms. The summed E-state index contributed by atoms with van der Waals surface area (Å²) < 4.78 is 29.8. The van der Waals surface area contributed by atoms with Gasteiger partial charge < -0.3 is 4.74 Å². The number of sulfone groups is 1. The zero-order valence-electron chi connectivity index (χ0n) is 11.0. The highest BCUT2D eigenvalue weighted by Gasteiger charge is 2.19. The van der Waals surface area contributed by atoms with Gasteiger partial charge in [0, 0.05) is 0 Å². The van der Waals surface area contributed by atoms with Gasteiger partial charge in [-0.2, -0.15) is 0 Å². The van der Waals surface area contributed by atoms with Crippen molar-refractivity contribution in [2.75, 3.05) is 12.9 Å². The van der Waals surface area contributed by atoms with E-state index in [-0.39, 0.29) is 16.5 Å². The van der Waals surface area contributed by atoms with Crippen LogP contribution in [0.4, 0.5) is 0 Å². The van der Waals surface area contributed by atoms with Crippen molar-refractivity contribution in [1.82, 2.24) is 14.8 Å². The second-order valence-corrected chi connectivity index (χ2v) is 6.12. The van der Waals surface area contributed by atoms with Crippen LogP contribution >= 0.6 is 0 Å². The second kappa shape index (κ2) is 5.41. The van der Waals surface area contributed by atoms with Crippen molar-refractivity contribution in [2.45, 2.75) is 11.8 Å². The van der Waals surface area contributed by atoms with Gasteiger partial charge in [-0.15, -0.1) is 5.10 Å². The Morgan fingerprint density at radius 2 is 2.05 bits per heavy atom. The highest BCUT2D eigenvalue weighted by atomic mass is 32.2. The molecule has 0 saturated carbocycles. The van der Waals surface area contributed by atoms with Gasteiger partial charge in [-0.3, -0.25) is 0 Å². The van der Waals surface area contributed by atoms with Crippen molar-refractivity contribution in [3.63, 3.8) is 0 Å². The van der Waals surface area contributed by atoms with Gasteiger partial charge in [0.25, 0.3) is 5.82 Å². The molecule has 0 amide bonds. The first kappa shape index (κ1) is 14.2. The molecule has 0 spiro atoms. The number of carbonyl (C=O) groups excluding carboxylic acids is 1. The lowest BCUT2D eigenvalue weighted by molar-refractivity contribution is 0.0587. The summed E-state index contributed by atoms with van der Waals surface area (Å²) in [4.78, 5) is 15.3. The fourth-order valence-corrected chi connectivity index (χ4v) is 2.71. The molecule has 1 aromatic carbocycles. The maximum Gasteiger partial charge on any atom is 0.377 e. The van der Waals surface area contributed by atoms with Gasteiger partial charge in [-0.1, -0.05) is 19.1 Å². The number of hydrogen-bond donors (Lipinski definition) is 0. The van der Waals surface area contributed by atoms with Crippen molar-refractivity contribution in [1.29, 1.82) is 0 Å². The van der Waals surface area contributed by atoms with Gasteiger partial charge in [0.15, 0.2) is 9.84 Å². The number of benzene rings is 1. The number of hydrogen-bond acceptors (Lipinski definition) is 6. The number of ether oxygens (including phenoxy) is 1. The number of rotatable bonds is 4. The van der Waals surface area contributed by atoms with E-state index in [0.29, 0.717) is 5.69 Å². The van der Waals surface area contributed by atoms with E-state index in [1.54, 1.807) is 25.1 Å². The van der Waals surface area contributed by atoms with Gasteiger partial charge in [-0.25, -0.2) is 22.9 Å². The molecule has 7 nitrogen and oxygen atoms in total. The van der Waals surface area contributed by atoms with Crippen molar-refractivity contribution in [3.8, 4) is 5.69 Å². The molecule has 0 aliphatic carbocycles. The highest BCUT2D eigenvalue weighted by molar-refractivity contribution is 7.91. The molecule has 0 aliphatic rings. The number of carbonyl (C=O) groups is 1. The van der Waals surface area contributed by atoms with Crippen LogP contribution in [0.25, 0.3) is 5.69 Å². The summed E-state index contributed by atoms with van der Waals surface area (Å²) in [5.41, 5.74) is 0.344. The Hall–Kier alpha value is -2.22. The maximum absolute atomic E-state index is 12.0. The summed E-state index contributed by atoms with van der Waals surface area (Å²) in [5.74, 6) is -0.835. The first-order chi connectivity index (χ1) is 9.49. The normalized spacial score (nSPS) is 11.3. The largest absolute Gasteiger partial charge is 0.463 e. The molecule has 2 rings (SSSR count). The van der Waals surface area contributed by atoms with Crippen LogP contribution < -0.4 is 0 Å². The van der Waals surface area contributed by atoms with Gasteiger partial charge in [0.2, 0.25) is 0 Å². The van der Waals surface area contributed by atoms with Crippen LogP contribution in [0.15, 0.2) is 35.5 Å². The molecule has 106 valence electrons. The Kier molecular flexibility index (Phi) is 3.84. The fourth-order valence-electron chi connectivity index (χ4n) is 1.63. The molecule has 2 aromatic rings. The van der Waals surface area contributed by atoms with E-state index in [0.717, 1.165) is 0 Å². The van der Waals surface area contributed by atoms with Crippen molar-refractivity contribution < 1.29 is 17.9 Å². The number of esters is 1. The molecule has 0 radical (unpaired) electrons. The molecule has 1 aromatic heterocycles. The molecular weight excluding hydrogens is 282 g/mol. The molecule has 0 fully saturated rings. The molecule has 0 unspecified atom stereocenters. The number of para-hydroxylation sites is 1. The summed E-state index contributed by atoms with van der Waals surface area (Å²) in [6, 6.07) is 6.40. The van der Waals surface area contributed by atoms with Crippen LogP contribution in [0.5, 0.6) is 0 Å². The summed E-state index contributed by atoms with van der Waals surface area (Å²) >= 11 is 0. The third-order valence-electron chi connectivity index (χ3n) is 2.69. The third kappa shape index (κ3) is 2.55. The minimum atomic E-state index is -3.40. The molecule has 0 bridgehead atoms. The van der Waals surface area contributed by atoms with Crippen LogP contribution in [0.3, 0.4) is 0 Å². The highest BCUT2D eigenvalue weighted by Crippen LogP contribution is 2.20. The Balaban J connectivity index is 2.54. The topological polar surface area (TPSA) is 91.2 Å². The minimum Gasteiger partial charge on any atom is -0.463 e. The quantitative estimate of drug-likeness (QED) is 0.776. The predicted octanol–water partition coefficient (Wildman–Crippen LogP) is 0.847. The SMILES string of the molecule is CCS(=O)(=O)c1ccccc1-n1cnc(C(=O)OC)n1. The van der Waals surface area contributed by atoms with E-state index >= 15 is 0 Å². The molecule has 0 atom stereocenters. The van der Waals surface area contributed by atoms with E-state index < -0.39 is 15.8 Å². The van der Waals surface area contributed by atoms with E-state index in [1.165, 1.54) is 24.2 Å². The standard InChI is InChI=1S/C12H13N3O4S/c1-3-20(17,18)10-7-5-4-6-9(10)15-8-13-11(14-15)12(16)19-2/h4-8H,3H2,1-2H3. The van der Waals surface area contributed by atoms with Crippen LogP contribution in [0, 0.1) is 0 Å². The molecule has 1 heterocycles. The predicted molar refractivity (Wildman–Crippen MR) is 70.4 cm³/mol. The molecule has 0 saturated heterocycles. The maximum atomic E-state index is 12.0. The van der Waals surface area contributed by atoms with Crippen molar-refractivity contribution >= 4 is 15.8 Å². The molecule has 0 aliphatic heterocycles. The minimum absolute atomic E-state index is 0.0252. The zero-order valence-corrected chi connectivity index (χ0v) is 11.8. The summed E-state index contributed by atoms with van der Waals surface area (Å²) in [5, 5.41) is 3.93.